The minimum Gasteiger partial charge on any atom is -0.389 e. The number of aromatic nitrogens is 1. The van der Waals surface area contributed by atoms with Gasteiger partial charge in [0.15, 0.2) is 11.7 Å². The molecule has 0 fully saturated rings. The quantitative estimate of drug-likeness (QED) is 0.375. The van der Waals surface area contributed by atoms with Gasteiger partial charge >= 0.3 is 0 Å². The molecule has 0 aliphatic carbocycles. The first kappa shape index (κ1) is 15.2. The van der Waals surface area contributed by atoms with Gasteiger partial charge in [-0.15, -0.1) is 11.6 Å². The summed E-state index contributed by atoms with van der Waals surface area (Å²) in [6.45, 7) is -0.0489. The van der Waals surface area contributed by atoms with Gasteiger partial charge in [0.05, 0.1) is 0 Å². The molecule has 1 aromatic rings. The van der Waals surface area contributed by atoms with Crippen LogP contribution in [-0.2, 0) is 21.0 Å². The third kappa shape index (κ3) is 5.18. The zero-order valence-corrected chi connectivity index (χ0v) is 11.7. The third-order valence-electron chi connectivity index (χ3n) is 1.45. The third-order valence-corrected chi connectivity index (χ3v) is 3.04. The summed E-state index contributed by atoms with van der Waals surface area (Å²) in [5.74, 6) is -0.564. The molecule has 0 aromatic carbocycles. The number of thiazole rings is 1. The second kappa shape index (κ2) is 7.52. The van der Waals surface area contributed by atoms with E-state index in [2.05, 4.69) is 15.5 Å². The van der Waals surface area contributed by atoms with Crippen LogP contribution in [0.25, 0.3) is 0 Å². The van der Waals surface area contributed by atoms with Gasteiger partial charge in [-0.3, -0.25) is 9.59 Å². The van der Waals surface area contributed by atoms with Crippen molar-refractivity contribution in [3.63, 3.8) is 0 Å². The molecule has 0 unspecified atom stereocenters. The molecule has 98 valence electrons. The number of nitrogens with one attached hydrogen (secondary N) is 1. The Kier molecular flexibility index (Phi) is 6.34. The van der Waals surface area contributed by atoms with Crippen LogP contribution in [0, 0.1) is 0 Å². The number of rotatable bonds is 6. The lowest BCUT2D eigenvalue weighted by atomic mass is 10.5. The van der Waals surface area contributed by atoms with Gasteiger partial charge in [-0.25, -0.2) is 4.98 Å². The highest BCUT2D eigenvalue weighted by Gasteiger charge is 2.11. The number of carbonyl (C=O) groups excluding carboxylic acids is 2. The summed E-state index contributed by atoms with van der Waals surface area (Å²) in [5, 5.41) is 5.28. The molecule has 0 spiro atoms. The zero-order valence-electron chi connectivity index (χ0n) is 8.65. The Morgan fingerprint density at radius 2 is 2.28 bits per heavy atom. The normalized spacial score (nSPS) is 10.6. The van der Waals surface area contributed by atoms with E-state index in [1.165, 1.54) is 0 Å². The zero-order chi connectivity index (χ0) is 13.5. The van der Waals surface area contributed by atoms with Crippen molar-refractivity contribution in [3.05, 3.63) is 10.0 Å². The number of hydrogen-bond donors (Lipinski definition) is 1. The van der Waals surface area contributed by atoms with Gasteiger partial charge in [-0.05, 0) is 11.6 Å². The lowest BCUT2D eigenvalue weighted by Crippen LogP contribution is -2.12. The Morgan fingerprint density at radius 3 is 2.89 bits per heavy atom. The van der Waals surface area contributed by atoms with Crippen LogP contribution >= 0.6 is 46.1 Å². The van der Waals surface area contributed by atoms with Crippen LogP contribution in [-0.4, -0.2) is 28.2 Å². The Balaban J connectivity index is 2.56. The summed E-state index contributed by atoms with van der Waals surface area (Å²) in [4.78, 5) is 30.1. The van der Waals surface area contributed by atoms with Gasteiger partial charge in [0.25, 0.3) is 5.24 Å². The second-order valence-electron chi connectivity index (χ2n) is 2.73. The number of carbonyl (C=O) groups is 2. The van der Waals surface area contributed by atoms with Crippen molar-refractivity contribution < 1.29 is 14.4 Å². The summed E-state index contributed by atoms with van der Waals surface area (Å²) in [7, 11) is 0. The Morgan fingerprint density at radius 1 is 1.56 bits per heavy atom. The van der Waals surface area contributed by atoms with E-state index in [1.54, 1.807) is 0 Å². The molecule has 0 saturated heterocycles. The first-order chi connectivity index (χ1) is 8.52. The van der Waals surface area contributed by atoms with E-state index in [0.29, 0.717) is 15.2 Å². The van der Waals surface area contributed by atoms with E-state index in [1.807, 2.05) is 0 Å². The largest absolute Gasteiger partial charge is 0.389 e. The van der Waals surface area contributed by atoms with Gasteiger partial charge in [0, 0.05) is 0 Å². The van der Waals surface area contributed by atoms with Crippen molar-refractivity contribution in [2.75, 3.05) is 11.2 Å². The van der Waals surface area contributed by atoms with Crippen molar-refractivity contribution in [1.29, 1.82) is 0 Å². The number of nitrogens with zero attached hydrogens (tertiary/aromatic N) is 2. The van der Waals surface area contributed by atoms with Crippen LogP contribution in [0.15, 0.2) is 5.16 Å². The molecule has 0 aliphatic rings. The van der Waals surface area contributed by atoms with Crippen LogP contribution in [0.4, 0.5) is 5.13 Å². The predicted molar refractivity (Wildman–Crippen MR) is 70.6 cm³/mol. The molecule has 1 aromatic heterocycles. The molecule has 0 aliphatic heterocycles. The summed E-state index contributed by atoms with van der Waals surface area (Å²) in [6.07, 6.45) is 0.804. The molecule has 0 saturated carbocycles. The summed E-state index contributed by atoms with van der Waals surface area (Å²) in [5.41, 5.74) is 0.380. The van der Waals surface area contributed by atoms with Gasteiger partial charge in [0.2, 0.25) is 5.91 Å². The second-order valence-corrected chi connectivity index (χ2v) is 4.97. The highest BCUT2D eigenvalue weighted by molar-refractivity contribution is 7.19. The lowest BCUT2D eigenvalue weighted by Gasteiger charge is -1.96. The molecule has 0 bridgehead atoms. The molecular weight excluding hydrogens is 325 g/mol. The van der Waals surface area contributed by atoms with Crippen LogP contribution in [0.2, 0.25) is 4.34 Å². The molecule has 10 heteroatoms. The fraction of sp³-hybridized carbons (Fsp3) is 0.250. The molecule has 1 N–H and O–H groups in total. The first-order valence-electron chi connectivity index (χ1n) is 4.38. The molecule has 18 heavy (non-hydrogen) atoms. The predicted octanol–water partition coefficient (Wildman–Crippen LogP) is 2.24. The average Bonchev–Trinajstić information content (AvgIpc) is 2.64. The highest BCUT2D eigenvalue weighted by Crippen LogP contribution is 2.28. The molecule has 1 rings (SSSR count). The fourth-order valence-electron chi connectivity index (χ4n) is 0.805. The summed E-state index contributed by atoms with van der Waals surface area (Å²) >= 11 is 17.2. The Labute approximate surface area is 121 Å². The van der Waals surface area contributed by atoms with Crippen LogP contribution in [0.1, 0.15) is 5.69 Å². The summed E-state index contributed by atoms with van der Waals surface area (Å²) < 4.78 is 0.340. The van der Waals surface area contributed by atoms with Crippen molar-refractivity contribution >= 4 is 68.6 Å². The lowest BCUT2D eigenvalue weighted by molar-refractivity contribution is -0.114. The molecule has 1 amide bonds. The van der Waals surface area contributed by atoms with Crippen LogP contribution in [0.5, 0.6) is 0 Å². The number of anilines is 1. The van der Waals surface area contributed by atoms with Gasteiger partial charge in [-0.2, -0.15) is 0 Å². The van der Waals surface area contributed by atoms with Crippen molar-refractivity contribution in [3.8, 4) is 0 Å². The van der Waals surface area contributed by atoms with Crippen LogP contribution < -0.4 is 5.32 Å². The van der Waals surface area contributed by atoms with E-state index >= 15 is 0 Å². The van der Waals surface area contributed by atoms with Gasteiger partial charge in [0.1, 0.15) is 22.1 Å². The minimum absolute atomic E-state index is 0.0489. The molecule has 0 radical (unpaired) electrons. The van der Waals surface area contributed by atoms with E-state index in [-0.39, 0.29) is 18.4 Å². The van der Waals surface area contributed by atoms with Gasteiger partial charge in [-0.1, -0.05) is 28.1 Å². The smallest absolute Gasteiger partial charge is 0.266 e. The highest BCUT2D eigenvalue weighted by atomic mass is 35.5. The first-order valence-corrected chi connectivity index (χ1v) is 6.49. The standard InChI is InChI=1S/C8H6Cl3N3O3S/c9-1-6(16)14-8-13-4(7(11)18-8)3-17-12-2-5(10)15/h2H,1,3H2,(H,13,14,16)/b12-2-. The van der Waals surface area contributed by atoms with E-state index < -0.39 is 5.24 Å². The number of hydrogen-bond acceptors (Lipinski definition) is 6. The van der Waals surface area contributed by atoms with Crippen molar-refractivity contribution in [2.45, 2.75) is 6.61 Å². The maximum atomic E-state index is 11.0. The fourth-order valence-corrected chi connectivity index (χ4v) is 1.94. The topological polar surface area (TPSA) is 80.7 Å². The van der Waals surface area contributed by atoms with E-state index in [9.17, 15) is 9.59 Å². The maximum absolute atomic E-state index is 11.0. The number of alkyl halides is 1. The molecule has 6 nitrogen and oxygen atoms in total. The SMILES string of the molecule is O=C(Cl)/C=N\OCc1nc(NC(=O)CCl)sc1Cl. The Hall–Kier alpha value is -0.890. The van der Waals surface area contributed by atoms with Crippen molar-refractivity contribution in [1.82, 2.24) is 4.98 Å². The number of halogens is 3. The van der Waals surface area contributed by atoms with E-state index in [0.717, 1.165) is 17.6 Å². The molecule has 1 heterocycles. The van der Waals surface area contributed by atoms with E-state index in [4.69, 9.17) is 39.6 Å². The maximum Gasteiger partial charge on any atom is 0.266 e. The number of oxime groups is 1. The molecule has 0 atom stereocenters. The minimum atomic E-state index is -0.755. The number of amides is 1. The van der Waals surface area contributed by atoms with Crippen molar-refractivity contribution in [2.24, 2.45) is 5.16 Å². The summed E-state index contributed by atoms with van der Waals surface area (Å²) in [6, 6.07) is 0. The Bertz CT molecular complexity index is 477. The monoisotopic (exact) mass is 329 g/mol. The van der Waals surface area contributed by atoms with Crippen LogP contribution in [0.3, 0.4) is 0 Å². The average molecular weight is 331 g/mol. The van der Waals surface area contributed by atoms with Gasteiger partial charge < -0.3 is 10.2 Å². The molecular formula is C8H6Cl3N3O3S.